The molecule has 0 aliphatic heterocycles. The lowest BCUT2D eigenvalue weighted by atomic mass is 10.1. The quantitative estimate of drug-likeness (QED) is 0.677. The van der Waals surface area contributed by atoms with Crippen molar-refractivity contribution in [1.29, 1.82) is 0 Å². The predicted molar refractivity (Wildman–Crippen MR) is 73.6 cm³/mol. The van der Waals surface area contributed by atoms with Crippen LogP contribution in [0.15, 0.2) is 28.9 Å². The van der Waals surface area contributed by atoms with Crippen molar-refractivity contribution in [3.8, 4) is 0 Å². The highest BCUT2D eigenvalue weighted by molar-refractivity contribution is 6.33. The molecule has 0 atom stereocenters. The number of nitro benzene ring substituents is 1. The Kier molecular flexibility index (Phi) is 3.76. The van der Waals surface area contributed by atoms with Crippen molar-refractivity contribution < 1.29 is 9.34 Å². The highest BCUT2D eigenvalue weighted by Gasteiger charge is 2.15. The molecule has 100 valence electrons. The third-order valence-corrected chi connectivity index (χ3v) is 3.20. The van der Waals surface area contributed by atoms with Gasteiger partial charge in [-0.3, -0.25) is 10.1 Å². The fourth-order valence-electron chi connectivity index (χ4n) is 1.76. The van der Waals surface area contributed by atoms with Crippen molar-refractivity contribution >= 4 is 23.0 Å². The van der Waals surface area contributed by atoms with E-state index in [4.69, 9.17) is 16.0 Å². The third-order valence-electron chi connectivity index (χ3n) is 2.90. The summed E-state index contributed by atoms with van der Waals surface area (Å²) in [6, 6.07) is 4.90. The average Bonchev–Trinajstić information content (AvgIpc) is 2.75. The zero-order chi connectivity index (χ0) is 14.0. The Labute approximate surface area is 115 Å². The molecule has 0 spiro atoms. The molecule has 0 fully saturated rings. The molecule has 2 aromatic rings. The normalized spacial score (nSPS) is 10.5. The van der Waals surface area contributed by atoms with Gasteiger partial charge in [-0.2, -0.15) is 0 Å². The van der Waals surface area contributed by atoms with Gasteiger partial charge in [-0.1, -0.05) is 11.6 Å². The van der Waals surface area contributed by atoms with Crippen molar-refractivity contribution in [2.45, 2.75) is 20.4 Å². The van der Waals surface area contributed by atoms with Crippen LogP contribution < -0.4 is 5.32 Å². The highest BCUT2D eigenvalue weighted by Crippen LogP contribution is 2.30. The van der Waals surface area contributed by atoms with Crippen LogP contribution in [-0.2, 0) is 6.54 Å². The molecule has 0 saturated heterocycles. The molecular weight excluding hydrogens is 268 g/mol. The van der Waals surface area contributed by atoms with E-state index in [0.29, 0.717) is 6.54 Å². The smallest absolute Gasteiger partial charge is 0.288 e. The van der Waals surface area contributed by atoms with Crippen LogP contribution in [0.25, 0.3) is 0 Å². The number of anilines is 1. The molecule has 19 heavy (non-hydrogen) atoms. The Morgan fingerprint density at radius 3 is 2.68 bits per heavy atom. The minimum absolute atomic E-state index is 0.0844. The third kappa shape index (κ3) is 2.88. The Morgan fingerprint density at radius 1 is 1.37 bits per heavy atom. The number of nitro groups is 1. The summed E-state index contributed by atoms with van der Waals surface area (Å²) in [4.78, 5) is 10.3. The summed E-state index contributed by atoms with van der Waals surface area (Å²) in [5.74, 6) is 0.828. The lowest BCUT2D eigenvalue weighted by molar-refractivity contribution is -0.384. The molecule has 0 saturated carbocycles. The number of aryl methyl sites for hydroxylation is 2. The predicted octanol–water partition coefficient (Wildman–Crippen LogP) is 4.07. The summed E-state index contributed by atoms with van der Waals surface area (Å²) in [6.45, 7) is 4.25. The minimum Gasteiger partial charge on any atom is -0.467 e. The second-order valence-corrected chi connectivity index (χ2v) is 4.66. The Hall–Kier alpha value is -2.01. The van der Waals surface area contributed by atoms with E-state index >= 15 is 0 Å². The largest absolute Gasteiger partial charge is 0.467 e. The zero-order valence-corrected chi connectivity index (χ0v) is 11.3. The van der Waals surface area contributed by atoms with E-state index in [-0.39, 0.29) is 10.7 Å². The maximum absolute atomic E-state index is 10.8. The average molecular weight is 281 g/mol. The number of furan rings is 1. The maximum Gasteiger partial charge on any atom is 0.288 e. The van der Waals surface area contributed by atoms with Gasteiger partial charge in [-0.05, 0) is 37.1 Å². The van der Waals surface area contributed by atoms with Gasteiger partial charge in [-0.25, -0.2) is 0 Å². The van der Waals surface area contributed by atoms with Crippen LogP contribution in [0.4, 0.5) is 11.4 Å². The van der Waals surface area contributed by atoms with Gasteiger partial charge in [0.05, 0.1) is 17.7 Å². The number of rotatable bonds is 4. The first-order valence-electron chi connectivity index (χ1n) is 5.70. The molecule has 0 aliphatic carbocycles. The lowest BCUT2D eigenvalue weighted by Gasteiger charge is -2.09. The molecule has 0 radical (unpaired) electrons. The number of halogens is 1. The van der Waals surface area contributed by atoms with Crippen molar-refractivity contribution in [2.24, 2.45) is 0 Å². The molecule has 0 aliphatic rings. The SMILES string of the molecule is Cc1cc([N+](=O)[O-])c(Cl)cc1NCc1occc1C. The summed E-state index contributed by atoms with van der Waals surface area (Å²) in [7, 11) is 0. The van der Waals surface area contributed by atoms with Crippen LogP contribution in [0.3, 0.4) is 0 Å². The zero-order valence-electron chi connectivity index (χ0n) is 10.6. The molecular formula is C13H13ClN2O3. The van der Waals surface area contributed by atoms with Crippen LogP contribution in [0.2, 0.25) is 5.02 Å². The van der Waals surface area contributed by atoms with Gasteiger partial charge in [0.25, 0.3) is 5.69 Å². The van der Waals surface area contributed by atoms with E-state index in [1.165, 1.54) is 6.07 Å². The van der Waals surface area contributed by atoms with E-state index < -0.39 is 4.92 Å². The second-order valence-electron chi connectivity index (χ2n) is 4.26. The van der Waals surface area contributed by atoms with Gasteiger partial charge in [-0.15, -0.1) is 0 Å². The van der Waals surface area contributed by atoms with Crippen LogP contribution in [0, 0.1) is 24.0 Å². The minimum atomic E-state index is -0.490. The summed E-state index contributed by atoms with van der Waals surface area (Å²) in [5.41, 5.74) is 2.49. The Morgan fingerprint density at radius 2 is 2.11 bits per heavy atom. The number of hydrogen-bond acceptors (Lipinski definition) is 4. The lowest BCUT2D eigenvalue weighted by Crippen LogP contribution is -2.02. The van der Waals surface area contributed by atoms with Gasteiger partial charge in [0, 0.05) is 11.8 Å². The standard InChI is InChI=1S/C13H13ClN2O3/c1-8-3-4-19-13(8)7-15-11-6-10(14)12(16(17)18)5-9(11)2/h3-6,15H,7H2,1-2H3. The van der Waals surface area contributed by atoms with Gasteiger partial charge < -0.3 is 9.73 Å². The van der Waals surface area contributed by atoms with Crippen molar-refractivity contribution in [3.63, 3.8) is 0 Å². The summed E-state index contributed by atoms with van der Waals surface area (Å²) in [6.07, 6.45) is 1.63. The fraction of sp³-hybridized carbons (Fsp3) is 0.231. The molecule has 1 aromatic heterocycles. The molecule has 1 heterocycles. The molecule has 5 nitrogen and oxygen atoms in total. The van der Waals surface area contributed by atoms with E-state index in [0.717, 1.165) is 22.6 Å². The van der Waals surface area contributed by atoms with Gasteiger partial charge in [0.1, 0.15) is 10.8 Å². The number of nitrogens with zero attached hydrogens (tertiary/aromatic N) is 1. The highest BCUT2D eigenvalue weighted by atomic mass is 35.5. The van der Waals surface area contributed by atoms with Crippen molar-refractivity contribution in [2.75, 3.05) is 5.32 Å². The molecule has 0 bridgehead atoms. The van der Waals surface area contributed by atoms with Gasteiger partial charge >= 0.3 is 0 Å². The Balaban J connectivity index is 2.20. The number of hydrogen-bond donors (Lipinski definition) is 1. The maximum atomic E-state index is 10.8. The topological polar surface area (TPSA) is 68.3 Å². The Bertz CT molecular complexity index is 622. The fourth-order valence-corrected chi connectivity index (χ4v) is 1.99. The van der Waals surface area contributed by atoms with E-state index in [2.05, 4.69) is 5.32 Å². The van der Waals surface area contributed by atoms with Crippen LogP contribution >= 0.6 is 11.6 Å². The number of benzene rings is 1. The molecule has 6 heteroatoms. The first-order chi connectivity index (χ1) is 8.99. The first-order valence-corrected chi connectivity index (χ1v) is 6.08. The first kappa shape index (κ1) is 13.4. The second kappa shape index (κ2) is 5.32. The molecule has 2 rings (SSSR count). The van der Waals surface area contributed by atoms with E-state index in [1.807, 2.05) is 13.0 Å². The summed E-state index contributed by atoms with van der Waals surface area (Å²) < 4.78 is 5.31. The van der Waals surface area contributed by atoms with Crippen molar-refractivity contribution in [1.82, 2.24) is 0 Å². The van der Waals surface area contributed by atoms with E-state index in [9.17, 15) is 10.1 Å². The molecule has 0 amide bonds. The van der Waals surface area contributed by atoms with Crippen LogP contribution in [0.5, 0.6) is 0 Å². The van der Waals surface area contributed by atoms with Crippen LogP contribution in [-0.4, -0.2) is 4.92 Å². The van der Waals surface area contributed by atoms with Gasteiger partial charge in [0.2, 0.25) is 0 Å². The van der Waals surface area contributed by atoms with E-state index in [1.54, 1.807) is 19.3 Å². The number of nitrogens with one attached hydrogen (secondary N) is 1. The molecule has 1 aromatic carbocycles. The summed E-state index contributed by atoms with van der Waals surface area (Å²) >= 11 is 5.88. The van der Waals surface area contributed by atoms with Crippen molar-refractivity contribution in [3.05, 3.63) is 56.5 Å². The van der Waals surface area contributed by atoms with Gasteiger partial charge in [0.15, 0.2) is 0 Å². The molecule has 0 unspecified atom stereocenters. The summed E-state index contributed by atoms with van der Waals surface area (Å²) in [5, 5.41) is 14.0. The molecule has 1 N–H and O–H groups in total. The monoisotopic (exact) mass is 280 g/mol. The van der Waals surface area contributed by atoms with Crippen LogP contribution in [0.1, 0.15) is 16.9 Å².